The quantitative estimate of drug-likeness (QED) is 0.684. The molecule has 4 bridgehead atoms. The maximum atomic E-state index is 6.43. The second-order valence-corrected chi connectivity index (χ2v) is 9.04. The molecule has 74 valence electrons. The van der Waals surface area contributed by atoms with Crippen molar-refractivity contribution >= 4 is 31.9 Å². The van der Waals surface area contributed by atoms with E-state index < -0.39 is 0 Å². The van der Waals surface area contributed by atoms with E-state index in [4.69, 9.17) is 5.73 Å². The van der Waals surface area contributed by atoms with Gasteiger partial charge in [0.15, 0.2) is 0 Å². The predicted molar refractivity (Wildman–Crippen MR) is 61.4 cm³/mol. The molecule has 0 aromatic rings. The summed E-state index contributed by atoms with van der Waals surface area (Å²) in [7, 11) is 0. The summed E-state index contributed by atoms with van der Waals surface area (Å²) in [4.78, 5) is 0. The van der Waals surface area contributed by atoms with Gasteiger partial charge in [-0.3, -0.25) is 0 Å². The van der Waals surface area contributed by atoms with Gasteiger partial charge < -0.3 is 5.73 Å². The van der Waals surface area contributed by atoms with Gasteiger partial charge in [-0.1, -0.05) is 31.9 Å². The van der Waals surface area contributed by atoms with Crippen LogP contribution in [-0.4, -0.2) is 14.2 Å². The Labute approximate surface area is 96.1 Å². The zero-order valence-corrected chi connectivity index (χ0v) is 10.8. The van der Waals surface area contributed by atoms with Crippen molar-refractivity contribution in [1.82, 2.24) is 0 Å². The molecule has 2 N–H and O–H groups in total. The van der Waals surface area contributed by atoms with Crippen LogP contribution in [0.5, 0.6) is 0 Å². The topological polar surface area (TPSA) is 26.0 Å². The van der Waals surface area contributed by atoms with Crippen molar-refractivity contribution in [2.45, 2.75) is 52.7 Å². The van der Waals surface area contributed by atoms with Crippen LogP contribution >= 0.6 is 31.9 Å². The van der Waals surface area contributed by atoms with Gasteiger partial charge in [0, 0.05) is 14.2 Å². The number of halogens is 2. The lowest BCUT2D eigenvalue weighted by Gasteiger charge is -2.62. The molecule has 0 saturated heterocycles. The summed E-state index contributed by atoms with van der Waals surface area (Å²) in [5, 5.41) is 0. The van der Waals surface area contributed by atoms with E-state index in [0.29, 0.717) is 8.65 Å². The molecule has 1 nitrogen and oxygen atoms in total. The van der Waals surface area contributed by atoms with E-state index in [9.17, 15) is 0 Å². The molecular weight excluding hydrogens is 294 g/mol. The molecule has 4 fully saturated rings. The second-order valence-electron chi connectivity index (χ2n) is 5.67. The smallest absolute Gasteiger partial charge is 0.0291 e. The molecule has 0 aromatic heterocycles. The minimum Gasteiger partial charge on any atom is -0.325 e. The third-order valence-electron chi connectivity index (χ3n) is 3.98. The molecule has 0 radical (unpaired) electrons. The minimum atomic E-state index is 0.131. The first kappa shape index (κ1) is 9.17. The molecule has 0 spiro atoms. The molecule has 3 heteroatoms. The molecular formula is C10H15Br2N. The Balaban J connectivity index is 2.03. The Hall–Kier alpha value is 0.920. The fourth-order valence-corrected chi connectivity index (χ4v) is 7.76. The Morgan fingerprint density at radius 3 is 1.85 bits per heavy atom. The average Bonchev–Trinajstić information content (AvgIpc) is 1.71. The molecule has 4 rings (SSSR count). The SMILES string of the molecule is NC12CC3C[C@@](Br)(C1)C[C@](Br)(C3)C2. The van der Waals surface area contributed by atoms with E-state index in [1.165, 1.54) is 38.5 Å². The highest BCUT2D eigenvalue weighted by molar-refractivity contribution is 9.10. The van der Waals surface area contributed by atoms with E-state index in [0.717, 1.165) is 5.92 Å². The Kier molecular flexibility index (Phi) is 1.66. The van der Waals surface area contributed by atoms with E-state index >= 15 is 0 Å². The molecule has 4 saturated carbocycles. The average molecular weight is 309 g/mol. The van der Waals surface area contributed by atoms with Gasteiger partial charge >= 0.3 is 0 Å². The van der Waals surface area contributed by atoms with Gasteiger partial charge in [-0.2, -0.15) is 0 Å². The summed E-state index contributed by atoms with van der Waals surface area (Å²) in [5.74, 6) is 0.861. The van der Waals surface area contributed by atoms with Crippen molar-refractivity contribution in [3.8, 4) is 0 Å². The number of alkyl halides is 2. The zero-order valence-electron chi connectivity index (χ0n) is 7.65. The summed E-state index contributed by atoms with van der Waals surface area (Å²) in [6.45, 7) is 0. The van der Waals surface area contributed by atoms with Gasteiger partial charge in [-0.25, -0.2) is 0 Å². The summed E-state index contributed by atoms with van der Waals surface area (Å²) in [6.07, 6.45) is 7.59. The van der Waals surface area contributed by atoms with Crippen LogP contribution < -0.4 is 5.73 Å². The molecule has 0 aromatic carbocycles. The van der Waals surface area contributed by atoms with Crippen molar-refractivity contribution in [2.75, 3.05) is 0 Å². The standard InChI is InChI=1S/C10H15Br2N/c11-8-1-7-2-9(12,4-8)6-10(13,3-7)5-8/h7H,1-6,13H2/t7?,8-,9+,10?. The van der Waals surface area contributed by atoms with Crippen molar-refractivity contribution in [1.29, 1.82) is 0 Å². The highest BCUT2D eigenvalue weighted by atomic mass is 79.9. The number of nitrogens with two attached hydrogens (primary N) is 1. The lowest BCUT2D eigenvalue weighted by molar-refractivity contribution is 0.0414. The third kappa shape index (κ3) is 1.34. The minimum absolute atomic E-state index is 0.131. The van der Waals surface area contributed by atoms with Crippen molar-refractivity contribution in [3.05, 3.63) is 0 Å². The van der Waals surface area contributed by atoms with Crippen LogP contribution in [0.3, 0.4) is 0 Å². The van der Waals surface area contributed by atoms with E-state index in [1.54, 1.807) is 0 Å². The molecule has 0 aliphatic heterocycles. The highest BCUT2D eigenvalue weighted by Gasteiger charge is 2.60. The maximum absolute atomic E-state index is 6.43. The second kappa shape index (κ2) is 2.35. The first-order chi connectivity index (χ1) is 5.91. The Morgan fingerprint density at radius 1 is 0.923 bits per heavy atom. The largest absolute Gasteiger partial charge is 0.325 e. The van der Waals surface area contributed by atoms with E-state index in [1.807, 2.05) is 0 Å². The van der Waals surface area contributed by atoms with Crippen LogP contribution in [-0.2, 0) is 0 Å². The van der Waals surface area contributed by atoms with E-state index in [-0.39, 0.29) is 5.54 Å². The fourth-order valence-electron chi connectivity index (χ4n) is 4.28. The normalized spacial score (nSPS) is 64.4. The van der Waals surface area contributed by atoms with Crippen LogP contribution in [0.1, 0.15) is 38.5 Å². The molecule has 4 aliphatic rings. The summed E-state index contributed by atoms with van der Waals surface area (Å²) in [5.41, 5.74) is 6.56. The number of hydrogen-bond donors (Lipinski definition) is 1. The van der Waals surface area contributed by atoms with Crippen LogP contribution in [0.4, 0.5) is 0 Å². The Bertz CT molecular complexity index is 215. The van der Waals surface area contributed by atoms with Crippen molar-refractivity contribution in [3.63, 3.8) is 0 Å². The van der Waals surface area contributed by atoms with Gasteiger partial charge in [0.1, 0.15) is 0 Å². The molecule has 4 aliphatic carbocycles. The molecule has 0 amide bonds. The molecule has 13 heavy (non-hydrogen) atoms. The van der Waals surface area contributed by atoms with Crippen LogP contribution in [0.2, 0.25) is 0 Å². The first-order valence-corrected chi connectivity index (χ1v) is 6.66. The van der Waals surface area contributed by atoms with Gasteiger partial charge in [-0.05, 0) is 44.4 Å². The molecule has 0 heterocycles. The van der Waals surface area contributed by atoms with Gasteiger partial charge in [-0.15, -0.1) is 0 Å². The molecule has 4 atom stereocenters. The monoisotopic (exact) mass is 307 g/mol. The summed E-state index contributed by atoms with van der Waals surface area (Å²) in [6, 6.07) is 0. The zero-order chi connectivity index (χ0) is 9.32. The lowest BCUT2D eigenvalue weighted by atomic mass is 9.53. The lowest BCUT2D eigenvalue weighted by Crippen LogP contribution is -2.65. The third-order valence-corrected chi connectivity index (χ3v) is 5.74. The van der Waals surface area contributed by atoms with Gasteiger partial charge in [0.05, 0.1) is 0 Å². The first-order valence-electron chi connectivity index (χ1n) is 5.07. The fraction of sp³-hybridized carbons (Fsp3) is 1.00. The summed E-state index contributed by atoms with van der Waals surface area (Å²) >= 11 is 7.84. The van der Waals surface area contributed by atoms with Crippen molar-refractivity contribution < 1.29 is 0 Å². The van der Waals surface area contributed by atoms with Crippen LogP contribution in [0.15, 0.2) is 0 Å². The Morgan fingerprint density at radius 2 is 1.46 bits per heavy atom. The van der Waals surface area contributed by atoms with Gasteiger partial charge in [0.2, 0.25) is 0 Å². The van der Waals surface area contributed by atoms with Gasteiger partial charge in [0.25, 0.3) is 0 Å². The maximum Gasteiger partial charge on any atom is 0.0291 e. The van der Waals surface area contributed by atoms with Crippen molar-refractivity contribution in [2.24, 2.45) is 11.7 Å². The van der Waals surface area contributed by atoms with E-state index in [2.05, 4.69) is 31.9 Å². The highest BCUT2D eigenvalue weighted by Crippen LogP contribution is 2.64. The number of hydrogen-bond acceptors (Lipinski definition) is 1. The predicted octanol–water partition coefficient (Wildman–Crippen LogP) is 2.95. The number of rotatable bonds is 0. The summed E-state index contributed by atoms with van der Waals surface area (Å²) < 4.78 is 0.731. The van der Waals surface area contributed by atoms with Crippen LogP contribution in [0.25, 0.3) is 0 Å². The molecule has 2 unspecified atom stereocenters. The van der Waals surface area contributed by atoms with Crippen LogP contribution in [0, 0.1) is 5.92 Å².